The molecular formula is C24H16ClN5O4. The molecule has 0 atom stereocenters. The van der Waals surface area contributed by atoms with Crippen LogP contribution in [0.1, 0.15) is 15.9 Å². The first-order chi connectivity index (χ1) is 16.4. The maximum atomic E-state index is 13.2. The number of nitro groups is 1. The molecule has 0 radical (unpaired) electrons. The molecule has 0 aliphatic rings. The van der Waals surface area contributed by atoms with Crippen LogP contribution in [0.5, 0.6) is 0 Å². The molecule has 0 aliphatic carbocycles. The Morgan fingerprint density at radius 2 is 1.71 bits per heavy atom. The number of nitro benzene ring substituents is 1. The Labute approximate surface area is 197 Å². The predicted octanol–water partition coefficient (Wildman–Crippen LogP) is 5.07. The summed E-state index contributed by atoms with van der Waals surface area (Å²) in [6.07, 6.45) is 0. The van der Waals surface area contributed by atoms with E-state index in [0.29, 0.717) is 16.7 Å². The molecule has 5 aromatic rings. The van der Waals surface area contributed by atoms with Crippen LogP contribution in [0.4, 0.5) is 11.5 Å². The van der Waals surface area contributed by atoms with Crippen molar-refractivity contribution < 1.29 is 14.5 Å². The summed E-state index contributed by atoms with van der Waals surface area (Å²) in [5.41, 5.74) is 8.89. The number of nitrogens with zero attached hydrogens (tertiary/aromatic N) is 4. The van der Waals surface area contributed by atoms with Crippen molar-refractivity contribution in [2.45, 2.75) is 6.61 Å². The van der Waals surface area contributed by atoms with Crippen LogP contribution in [-0.2, 0) is 11.3 Å². The number of benzene rings is 3. The highest BCUT2D eigenvalue weighted by atomic mass is 35.5. The maximum Gasteiger partial charge on any atom is 0.344 e. The molecule has 10 heteroatoms. The Morgan fingerprint density at radius 3 is 2.41 bits per heavy atom. The Balaban J connectivity index is 1.70. The summed E-state index contributed by atoms with van der Waals surface area (Å²) in [6, 6.07) is 20.6. The lowest BCUT2D eigenvalue weighted by Gasteiger charge is -2.09. The number of anilines is 1. The molecular weight excluding hydrogens is 458 g/mol. The number of esters is 1. The predicted molar refractivity (Wildman–Crippen MR) is 128 cm³/mol. The van der Waals surface area contributed by atoms with Gasteiger partial charge in [-0.05, 0) is 29.8 Å². The van der Waals surface area contributed by atoms with Gasteiger partial charge in [0.1, 0.15) is 28.5 Å². The summed E-state index contributed by atoms with van der Waals surface area (Å²) in [5.74, 6) is -0.682. The lowest BCUT2D eigenvalue weighted by molar-refractivity contribution is -0.384. The highest BCUT2D eigenvalue weighted by Gasteiger charge is 2.27. The molecule has 9 nitrogen and oxygen atoms in total. The van der Waals surface area contributed by atoms with Crippen LogP contribution in [0.25, 0.3) is 27.9 Å². The van der Waals surface area contributed by atoms with Crippen LogP contribution >= 0.6 is 11.6 Å². The van der Waals surface area contributed by atoms with Gasteiger partial charge in [-0.25, -0.2) is 14.8 Å². The number of carbonyl (C=O) groups is 1. The van der Waals surface area contributed by atoms with Gasteiger partial charge < -0.3 is 10.5 Å². The van der Waals surface area contributed by atoms with Gasteiger partial charge in [0.25, 0.3) is 5.69 Å². The second-order valence-corrected chi connectivity index (χ2v) is 7.84. The molecule has 0 saturated heterocycles. The van der Waals surface area contributed by atoms with E-state index in [4.69, 9.17) is 22.1 Å². The summed E-state index contributed by atoms with van der Waals surface area (Å²) < 4.78 is 6.96. The minimum Gasteiger partial charge on any atom is -0.457 e. The second-order valence-electron chi connectivity index (χ2n) is 7.43. The minimum atomic E-state index is -0.682. The van der Waals surface area contributed by atoms with Crippen molar-refractivity contribution in [1.82, 2.24) is 14.5 Å². The van der Waals surface area contributed by atoms with Crippen LogP contribution < -0.4 is 5.73 Å². The van der Waals surface area contributed by atoms with E-state index in [1.807, 2.05) is 36.4 Å². The molecule has 0 unspecified atom stereocenters. The summed E-state index contributed by atoms with van der Waals surface area (Å²) in [4.78, 5) is 33.3. The second kappa shape index (κ2) is 8.45. The Bertz CT molecular complexity index is 1580. The van der Waals surface area contributed by atoms with Crippen molar-refractivity contribution in [3.8, 4) is 5.69 Å². The third-order valence-electron chi connectivity index (χ3n) is 5.30. The van der Waals surface area contributed by atoms with Crippen LogP contribution in [0.15, 0.2) is 72.8 Å². The fourth-order valence-corrected chi connectivity index (χ4v) is 3.89. The number of rotatable bonds is 5. The molecule has 5 rings (SSSR count). The number of aromatic nitrogens is 3. The number of nitrogen functional groups attached to an aromatic ring is 1. The van der Waals surface area contributed by atoms with Crippen molar-refractivity contribution >= 4 is 51.3 Å². The van der Waals surface area contributed by atoms with E-state index in [-0.39, 0.29) is 39.9 Å². The van der Waals surface area contributed by atoms with Crippen LogP contribution in [0.3, 0.4) is 0 Å². The molecule has 0 bridgehead atoms. The highest BCUT2D eigenvalue weighted by molar-refractivity contribution is 6.32. The topological polar surface area (TPSA) is 126 Å². The van der Waals surface area contributed by atoms with E-state index >= 15 is 0 Å². The first-order valence-corrected chi connectivity index (χ1v) is 10.5. The Hall–Kier alpha value is -4.50. The van der Waals surface area contributed by atoms with Crippen molar-refractivity contribution in [3.05, 3.63) is 99.1 Å². The molecule has 2 N–H and O–H groups in total. The maximum absolute atomic E-state index is 13.2. The van der Waals surface area contributed by atoms with Gasteiger partial charge in [-0.15, -0.1) is 0 Å². The van der Waals surface area contributed by atoms with E-state index in [0.717, 1.165) is 5.56 Å². The molecule has 0 amide bonds. The molecule has 0 spiro atoms. The molecule has 3 aromatic carbocycles. The average molecular weight is 474 g/mol. The third kappa shape index (κ3) is 3.67. The van der Waals surface area contributed by atoms with Gasteiger partial charge in [-0.1, -0.05) is 54.1 Å². The number of carbonyl (C=O) groups excluding carboxylic acids is 1. The fraction of sp³-hybridized carbons (Fsp3) is 0.0417. The first-order valence-electron chi connectivity index (χ1n) is 10.2. The summed E-state index contributed by atoms with van der Waals surface area (Å²) in [5, 5.41) is 11.4. The normalized spacial score (nSPS) is 11.1. The van der Waals surface area contributed by atoms with Crippen molar-refractivity contribution in [2.75, 3.05) is 5.73 Å². The lowest BCUT2D eigenvalue weighted by atomic mass is 10.2. The monoisotopic (exact) mass is 473 g/mol. The van der Waals surface area contributed by atoms with Crippen LogP contribution in [0, 0.1) is 10.1 Å². The standard InChI is InChI=1S/C24H16ClN5O4/c25-16-11-10-15(12-19(16)30(32)33)29-22(26)20(24(31)34-13-14-6-2-1-3-7-14)21-23(29)28-18-9-5-4-8-17(18)27-21/h1-12H,13,26H2. The van der Waals surface area contributed by atoms with E-state index < -0.39 is 10.9 Å². The zero-order valence-electron chi connectivity index (χ0n) is 17.5. The summed E-state index contributed by atoms with van der Waals surface area (Å²) in [6.45, 7) is 0.0409. The highest BCUT2D eigenvalue weighted by Crippen LogP contribution is 2.34. The van der Waals surface area contributed by atoms with Crippen molar-refractivity contribution in [2.24, 2.45) is 0 Å². The van der Waals surface area contributed by atoms with Crippen molar-refractivity contribution in [1.29, 1.82) is 0 Å². The molecule has 34 heavy (non-hydrogen) atoms. The number of nitrogens with two attached hydrogens (primary N) is 1. The minimum absolute atomic E-state index is 0.0000109. The van der Waals surface area contributed by atoms with E-state index in [9.17, 15) is 14.9 Å². The summed E-state index contributed by atoms with van der Waals surface area (Å²) >= 11 is 5.99. The van der Waals surface area contributed by atoms with E-state index in [2.05, 4.69) is 9.97 Å². The smallest absolute Gasteiger partial charge is 0.344 e. The molecule has 2 aromatic heterocycles. The quantitative estimate of drug-likeness (QED) is 0.214. The van der Waals surface area contributed by atoms with Gasteiger partial charge in [0, 0.05) is 6.07 Å². The van der Waals surface area contributed by atoms with Gasteiger partial charge >= 0.3 is 5.97 Å². The van der Waals surface area contributed by atoms with E-state index in [1.165, 1.54) is 16.7 Å². The fourth-order valence-electron chi connectivity index (χ4n) is 3.70. The van der Waals surface area contributed by atoms with Gasteiger partial charge in [0.2, 0.25) is 0 Å². The zero-order valence-corrected chi connectivity index (χ0v) is 18.3. The molecule has 0 fully saturated rings. The van der Waals surface area contributed by atoms with Gasteiger partial charge in [0.15, 0.2) is 5.65 Å². The number of fused-ring (bicyclic) bond motifs is 2. The van der Waals surface area contributed by atoms with Crippen LogP contribution in [0.2, 0.25) is 5.02 Å². The number of halogens is 1. The van der Waals surface area contributed by atoms with Crippen molar-refractivity contribution in [3.63, 3.8) is 0 Å². The summed E-state index contributed by atoms with van der Waals surface area (Å²) in [7, 11) is 0. The number of para-hydroxylation sites is 2. The van der Waals surface area contributed by atoms with Gasteiger partial charge in [0.05, 0.1) is 21.6 Å². The lowest BCUT2D eigenvalue weighted by Crippen LogP contribution is -2.09. The van der Waals surface area contributed by atoms with Gasteiger partial charge in [-0.3, -0.25) is 14.7 Å². The first kappa shape index (κ1) is 21.4. The number of ether oxygens (including phenoxy) is 1. The third-order valence-corrected chi connectivity index (χ3v) is 5.62. The Morgan fingerprint density at radius 1 is 1.03 bits per heavy atom. The molecule has 168 valence electrons. The SMILES string of the molecule is Nc1c(C(=O)OCc2ccccc2)c2nc3ccccc3nc2n1-c1ccc(Cl)c([N+](=O)[O-])c1. The van der Waals surface area contributed by atoms with Gasteiger partial charge in [-0.2, -0.15) is 0 Å². The number of hydrogen-bond donors (Lipinski definition) is 1. The largest absolute Gasteiger partial charge is 0.457 e. The van der Waals surface area contributed by atoms with Crippen LogP contribution in [-0.4, -0.2) is 25.4 Å². The number of hydrogen-bond acceptors (Lipinski definition) is 7. The Kier molecular flexibility index (Phi) is 5.31. The average Bonchev–Trinajstić information content (AvgIpc) is 3.12. The van der Waals surface area contributed by atoms with E-state index in [1.54, 1.807) is 24.3 Å². The zero-order chi connectivity index (χ0) is 23.8. The molecule has 0 saturated carbocycles. The molecule has 0 aliphatic heterocycles. The molecule has 2 heterocycles.